The van der Waals surface area contributed by atoms with E-state index in [0.29, 0.717) is 43.9 Å². The number of likely N-dealkylation sites (tertiary alicyclic amines) is 1. The minimum atomic E-state index is -0.581. The molecule has 1 spiro atoms. The van der Waals surface area contributed by atoms with Gasteiger partial charge in [0, 0.05) is 50.9 Å². The van der Waals surface area contributed by atoms with E-state index in [9.17, 15) is 9.59 Å². The zero-order chi connectivity index (χ0) is 18.7. The van der Waals surface area contributed by atoms with E-state index in [0.717, 1.165) is 32.8 Å². The van der Waals surface area contributed by atoms with Crippen LogP contribution in [0.5, 0.6) is 0 Å². The number of carbonyl (C=O) groups is 2. The summed E-state index contributed by atoms with van der Waals surface area (Å²) in [5.41, 5.74) is 1.92. The molecule has 1 unspecified atom stereocenters. The monoisotopic (exact) mass is 393 g/mol. The highest BCUT2D eigenvalue weighted by Crippen LogP contribution is 2.34. The Balaban J connectivity index is 1.24. The molecule has 27 heavy (non-hydrogen) atoms. The summed E-state index contributed by atoms with van der Waals surface area (Å²) in [4.78, 5) is 38.5. The van der Waals surface area contributed by atoms with Crippen molar-refractivity contribution in [2.24, 2.45) is 5.16 Å². The molecule has 10 heteroatoms. The van der Waals surface area contributed by atoms with Crippen LogP contribution >= 0.6 is 11.3 Å². The van der Waals surface area contributed by atoms with Crippen LogP contribution in [0.25, 0.3) is 0 Å². The van der Waals surface area contributed by atoms with Crippen molar-refractivity contribution in [3.05, 3.63) is 16.6 Å². The third-order valence-electron chi connectivity index (χ3n) is 5.17. The average molecular weight is 393 g/mol. The molecule has 1 N–H and O–H groups in total. The predicted molar refractivity (Wildman–Crippen MR) is 98.8 cm³/mol. The topological polar surface area (TPSA) is 96.4 Å². The van der Waals surface area contributed by atoms with Gasteiger partial charge in [0.2, 0.25) is 0 Å². The van der Waals surface area contributed by atoms with E-state index in [1.165, 1.54) is 11.3 Å². The van der Waals surface area contributed by atoms with Gasteiger partial charge in [0.1, 0.15) is 11.4 Å². The van der Waals surface area contributed by atoms with E-state index in [4.69, 9.17) is 9.57 Å². The van der Waals surface area contributed by atoms with Crippen LogP contribution in [0.2, 0.25) is 0 Å². The van der Waals surface area contributed by atoms with Crippen molar-refractivity contribution in [3.63, 3.8) is 0 Å². The highest BCUT2D eigenvalue weighted by atomic mass is 32.1. The fraction of sp³-hybridized carbons (Fsp3) is 0.647. The van der Waals surface area contributed by atoms with Crippen LogP contribution in [-0.4, -0.2) is 90.4 Å². The molecule has 9 nitrogen and oxygen atoms in total. The summed E-state index contributed by atoms with van der Waals surface area (Å²) in [5, 5.41) is 8.67. The van der Waals surface area contributed by atoms with E-state index in [1.807, 2.05) is 0 Å². The molecule has 1 aromatic rings. The molecule has 0 aliphatic carbocycles. The first-order chi connectivity index (χ1) is 13.2. The summed E-state index contributed by atoms with van der Waals surface area (Å²) in [6, 6.07) is 0. The van der Waals surface area contributed by atoms with Gasteiger partial charge in [-0.3, -0.25) is 14.5 Å². The number of aromatic nitrogens is 1. The maximum atomic E-state index is 12.4. The Bertz CT molecular complexity index is 719. The maximum absolute atomic E-state index is 12.4. The Morgan fingerprint density at radius 2 is 2.15 bits per heavy atom. The number of thiazole rings is 1. The van der Waals surface area contributed by atoms with Crippen molar-refractivity contribution in [1.82, 2.24) is 20.1 Å². The summed E-state index contributed by atoms with van der Waals surface area (Å²) < 4.78 is 5.32. The van der Waals surface area contributed by atoms with Gasteiger partial charge in [-0.05, 0) is 0 Å². The van der Waals surface area contributed by atoms with Crippen molar-refractivity contribution in [3.8, 4) is 0 Å². The van der Waals surface area contributed by atoms with Gasteiger partial charge in [-0.2, -0.15) is 0 Å². The molecule has 0 bridgehead atoms. The van der Waals surface area contributed by atoms with Crippen LogP contribution in [0.1, 0.15) is 23.3 Å². The SMILES string of the molecule is O=C(NCCN1CCOCC1)C1=NOC2(CCN(C(=O)c3cscn3)C2)C1. The minimum Gasteiger partial charge on any atom is -0.386 e. The fourth-order valence-corrected chi connectivity index (χ4v) is 4.14. The van der Waals surface area contributed by atoms with E-state index in [-0.39, 0.29) is 11.8 Å². The molecule has 3 aliphatic heterocycles. The summed E-state index contributed by atoms with van der Waals surface area (Å²) >= 11 is 1.40. The molecule has 0 aromatic carbocycles. The zero-order valence-corrected chi connectivity index (χ0v) is 15.9. The fourth-order valence-electron chi connectivity index (χ4n) is 3.61. The lowest BCUT2D eigenvalue weighted by atomic mass is 9.96. The van der Waals surface area contributed by atoms with Crippen LogP contribution in [0.15, 0.2) is 16.0 Å². The van der Waals surface area contributed by atoms with Crippen LogP contribution in [0, 0.1) is 0 Å². The summed E-state index contributed by atoms with van der Waals surface area (Å²) in [6.07, 6.45) is 1.09. The van der Waals surface area contributed by atoms with Crippen molar-refractivity contribution in [2.75, 3.05) is 52.5 Å². The average Bonchev–Trinajstić information content (AvgIpc) is 3.44. The van der Waals surface area contributed by atoms with Gasteiger partial charge in [0.05, 0.1) is 25.3 Å². The largest absolute Gasteiger partial charge is 0.386 e. The first kappa shape index (κ1) is 18.3. The zero-order valence-electron chi connectivity index (χ0n) is 15.1. The number of rotatable bonds is 5. The van der Waals surface area contributed by atoms with Gasteiger partial charge < -0.3 is 19.8 Å². The van der Waals surface area contributed by atoms with Gasteiger partial charge in [0.15, 0.2) is 5.60 Å². The van der Waals surface area contributed by atoms with Crippen molar-refractivity contribution < 1.29 is 19.2 Å². The van der Waals surface area contributed by atoms with Crippen LogP contribution in [0.4, 0.5) is 0 Å². The Hall–Kier alpha value is -2.04. The number of carbonyl (C=O) groups excluding carboxylic acids is 2. The Labute approximate surface area is 161 Å². The molecule has 146 valence electrons. The molecule has 4 rings (SSSR count). The quantitative estimate of drug-likeness (QED) is 0.754. The Morgan fingerprint density at radius 3 is 2.93 bits per heavy atom. The van der Waals surface area contributed by atoms with Crippen molar-refractivity contribution in [1.29, 1.82) is 0 Å². The van der Waals surface area contributed by atoms with Gasteiger partial charge in [-0.25, -0.2) is 4.98 Å². The first-order valence-electron chi connectivity index (χ1n) is 9.16. The number of nitrogens with one attached hydrogen (secondary N) is 1. The lowest BCUT2D eigenvalue weighted by Gasteiger charge is -2.26. The number of hydrogen-bond donors (Lipinski definition) is 1. The lowest BCUT2D eigenvalue weighted by Crippen LogP contribution is -2.43. The molecule has 0 saturated carbocycles. The third kappa shape index (κ3) is 4.12. The summed E-state index contributed by atoms with van der Waals surface area (Å²) in [6.45, 7) is 5.65. The summed E-state index contributed by atoms with van der Waals surface area (Å²) in [7, 11) is 0. The molecular weight excluding hydrogens is 370 g/mol. The normalized spacial score (nSPS) is 25.5. The number of hydrogen-bond acceptors (Lipinski definition) is 8. The molecule has 2 amide bonds. The third-order valence-corrected chi connectivity index (χ3v) is 5.76. The molecular formula is C17H23N5O4S. The molecule has 2 saturated heterocycles. The molecule has 1 atom stereocenters. The smallest absolute Gasteiger partial charge is 0.273 e. The van der Waals surface area contributed by atoms with Crippen molar-refractivity contribution >= 4 is 28.9 Å². The standard InChI is InChI=1S/C17H23N5O4S/c23-15(18-2-4-21-5-7-25-8-6-21)13-9-17(26-20-13)1-3-22(11-17)16(24)14-10-27-12-19-14/h10,12H,1-9,11H2,(H,18,23). The van der Waals surface area contributed by atoms with E-state index in [1.54, 1.807) is 15.8 Å². The Morgan fingerprint density at radius 1 is 1.30 bits per heavy atom. The second-order valence-corrected chi connectivity index (χ2v) is 7.77. The molecule has 1 aromatic heterocycles. The molecule has 0 radical (unpaired) electrons. The van der Waals surface area contributed by atoms with Crippen LogP contribution in [0.3, 0.4) is 0 Å². The van der Waals surface area contributed by atoms with Crippen molar-refractivity contribution in [2.45, 2.75) is 18.4 Å². The second kappa shape index (κ2) is 7.91. The van der Waals surface area contributed by atoms with Crippen LogP contribution in [-0.2, 0) is 14.4 Å². The first-order valence-corrected chi connectivity index (χ1v) is 10.1. The number of oxime groups is 1. The van der Waals surface area contributed by atoms with E-state index >= 15 is 0 Å². The van der Waals surface area contributed by atoms with Gasteiger partial charge in [-0.1, -0.05) is 5.16 Å². The maximum Gasteiger partial charge on any atom is 0.273 e. The minimum absolute atomic E-state index is 0.0971. The Kier molecular flexibility index (Phi) is 5.37. The van der Waals surface area contributed by atoms with E-state index < -0.39 is 5.60 Å². The number of morpholine rings is 1. The predicted octanol–water partition coefficient (Wildman–Crippen LogP) is -0.0475. The van der Waals surface area contributed by atoms with Crippen LogP contribution < -0.4 is 5.32 Å². The second-order valence-electron chi connectivity index (χ2n) is 7.05. The lowest BCUT2D eigenvalue weighted by molar-refractivity contribution is -0.115. The number of ether oxygens (including phenoxy) is 1. The molecule has 3 aliphatic rings. The highest BCUT2D eigenvalue weighted by Gasteiger charge is 2.48. The van der Waals surface area contributed by atoms with Gasteiger partial charge >= 0.3 is 0 Å². The summed E-state index contributed by atoms with van der Waals surface area (Å²) in [5.74, 6) is -0.287. The number of nitrogens with zero attached hydrogens (tertiary/aromatic N) is 4. The van der Waals surface area contributed by atoms with E-state index in [2.05, 4.69) is 20.4 Å². The van der Waals surface area contributed by atoms with Gasteiger partial charge in [0.25, 0.3) is 11.8 Å². The van der Waals surface area contributed by atoms with Gasteiger partial charge in [-0.15, -0.1) is 11.3 Å². The molecule has 4 heterocycles. The highest BCUT2D eigenvalue weighted by molar-refractivity contribution is 7.07. The number of amides is 2. The molecule has 2 fully saturated rings.